The molecule has 39 heavy (non-hydrogen) atoms. The van der Waals surface area contributed by atoms with Crippen LogP contribution in [0.3, 0.4) is 0 Å². The molecule has 8 rings (SSSR count). The number of para-hydroxylation sites is 1. The zero-order valence-corrected chi connectivity index (χ0v) is 24.0. The molecule has 0 saturated heterocycles. The summed E-state index contributed by atoms with van der Waals surface area (Å²) in [6.07, 6.45) is 5.81. The van der Waals surface area contributed by atoms with Gasteiger partial charge in [0.2, 0.25) is 0 Å². The Labute approximate surface area is 240 Å². The summed E-state index contributed by atoms with van der Waals surface area (Å²) < 4.78 is 2.43. The first-order valence-electron chi connectivity index (χ1n) is 13.0. The average molecular weight is 679 g/mol. The minimum Gasteiger partial charge on any atom is -0.309 e. The predicted octanol–water partition coefficient (Wildman–Crippen LogP) is 8.50. The topological polar surface area (TPSA) is 30.7 Å². The molecule has 3 aromatic heterocycles. The number of nitrogens with zero attached hydrogens (tertiary/aromatic N) is 3. The van der Waals surface area contributed by atoms with Gasteiger partial charge in [-0.15, -0.1) is 35.4 Å². The molecular weight excluding hydrogens is 655 g/mol. The van der Waals surface area contributed by atoms with Crippen LogP contribution in [0.25, 0.3) is 60.6 Å². The fourth-order valence-corrected chi connectivity index (χ4v) is 6.33. The van der Waals surface area contributed by atoms with E-state index in [9.17, 15) is 0 Å². The van der Waals surface area contributed by atoms with Gasteiger partial charge in [0, 0.05) is 60.4 Å². The van der Waals surface area contributed by atoms with Crippen molar-refractivity contribution in [2.24, 2.45) is 0 Å². The molecule has 1 aliphatic heterocycles. The van der Waals surface area contributed by atoms with E-state index in [4.69, 9.17) is 4.98 Å². The van der Waals surface area contributed by atoms with E-state index in [0.29, 0.717) is 0 Å². The van der Waals surface area contributed by atoms with Crippen molar-refractivity contribution in [3.05, 3.63) is 127 Å². The summed E-state index contributed by atoms with van der Waals surface area (Å²) in [6.45, 7) is 4.61. The molecule has 1 radical (unpaired) electrons. The van der Waals surface area contributed by atoms with Crippen LogP contribution >= 0.6 is 0 Å². The Bertz CT molecular complexity index is 2060. The van der Waals surface area contributed by atoms with E-state index in [1.54, 1.807) is 0 Å². The Morgan fingerprint density at radius 1 is 0.744 bits per heavy atom. The van der Waals surface area contributed by atoms with Gasteiger partial charge in [-0.2, -0.15) is 0 Å². The summed E-state index contributed by atoms with van der Waals surface area (Å²) in [7, 11) is 0. The van der Waals surface area contributed by atoms with E-state index in [1.807, 2.05) is 24.7 Å². The van der Waals surface area contributed by atoms with Crippen LogP contribution in [0.2, 0.25) is 0 Å². The number of hydrogen-bond donors (Lipinski definition) is 0. The molecule has 3 nitrogen and oxygen atoms in total. The molecule has 0 N–H and O–H groups in total. The Morgan fingerprint density at radius 2 is 1.59 bits per heavy atom. The molecule has 4 heteroatoms. The minimum atomic E-state index is -0.119. The van der Waals surface area contributed by atoms with E-state index >= 15 is 0 Å². The SMILES string of the molecule is CC1(C)c2cnccc2-n2c3ccc(-c4cc[c-]c(-c5nccc6ccccc56)c4)cc3c3cccc1c32.[Ir]. The Hall–Kier alpha value is -4.11. The van der Waals surface area contributed by atoms with Crippen molar-refractivity contribution < 1.29 is 20.1 Å². The maximum atomic E-state index is 4.73. The van der Waals surface area contributed by atoms with E-state index in [2.05, 4.69) is 114 Å². The second kappa shape index (κ2) is 8.71. The van der Waals surface area contributed by atoms with Gasteiger partial charge in [-0.3, -0.25) is 4.98 Å². The fourth-order valence-electron chi connectivity index (χ4n) is 6.33. The van der Waals surface area contributed by atoms with Crippen molar-refractivity contribution in [2.45, 2.75) is 19.3 Å². The molecule has 0 aliphatic carbocycles. The number of rotatable bonds is 2. The summed E-state index contributed by atoms with van der Waals surface area (Å²) >= 11 is 0. The van der Waals surface area contributed by atoms with Gasteiger partial charge in [0.1, 0.15) is 0 Å². The number of hydrogen-bond acceptors (Lipinski definition) is 2. The maximum Gasteiger partial charge on any atom is 0.0582 e. The van der Waals surface area contributed by atoms with Crippen LogP contribution in [0.5, 0.6) is 0 Å². The normalized spacial score (nSPS) is 13.4. The molecule has 0 amide bonds. The molecule has 1 aliphatic rings. The predicted molar refractivity (Wildman–Crippen MR) is 156 cm³/mol. The molecular formula is C35H24IrN3-. The third kappa shape index (κ3) is 3.39. The van der Waals surface area contributed by atoms with E-state index in [0.717, 1.165) is 22.2 Å². The van der Waals surface area contributed by atoms with Gasteiger partial charge < -0.3 is 9.55 Å². The second-order valence-electron chi connectivity index (χ2n) is 10.7. The van der Waals surface area contributed by atoms with Crippen molar-refractivity contribution >= 4 is 32.6 Å². The average Bonchev–Trinajstić information content (AvgIpc) is 3.30. The van der Waals surface area contributed by atoms with Gasteiger partial charge in [0.25, 0.3) is 0 Å². The Kier molecular flexibility index (Phi) is 5.35. The first-order chi connectivity index (χ1) is 18.6. The summed E-state index contributed by atoms with van der Waals surface area (Å²) in [5.41, 5.74) is 10.5. The van der Waals surface area contributed by atoms with Gasteiger partial charge in [0.15, 0.2) is 0 Å². The Balaban J connectivity index is 0.00000253. The largest absolute Gasteiger partial charge is 0.309 e. The minimum absolute atomic E-state index is 0. The summed E-state index contributed by atoms with van der Waals surface area (Å²) in [4.78, 5) is 9.21. The molecule has 7 aromatic rings. The van der Waals surface area contributed by atoms with Crippen LogP contribution in [0.1, 0.15) is 25.0 Å². The monoisotopic (exact) mass is 679 g/mol. The molecule has 4 aromatic carbocycles. The van der Waals surface area contributed by atoms with E-state index in [-0.39, 0.29) is 25.5 Å². The summed E-state index contributed by atoms with van der Waals surface area (Å²) in [6, 6.07) is 36.0. The van der Waals surface area contributed by atoms with Crippen LogP contribution in [0.4, 0.5) is 0 Å². The second-order valence-corrected chi connectivity index (χ2v) is 10.7. The molecule has 0 bridgehead atoms. The first kappa shape index (κ1) is 24.0. The van der Waals surface area contributed by atoms with Crippen LogP contribution in [-0.2, 0) is 25.5 Å². The molecule has 4 heterocycles. The van der Waals surface area contributed by atoms with Crippen molar-refractivity contribution in [1.82, 2.24) is 14.5 Å². The van der Waals surface area contributed by atoms with E-state index < -0.39 is 0 Å². The van der Waals surface area contributed by atoms with Crippen molar-refractivity contribution in [1.29, 1.82) is 0 Å². The summed E-state index contributed by atoms with van der Waals surface area (Å²) in [5, 5.41) is 4.87. The molecule has 0 atom stereocenters. The van der Waals surface area contributed by atoms with Gasteiger partial charge >= 0.3 is 0 Å². The molecule has 0 unspecified atom stereocenters. The number of fused-ring (bicyclic) bond motifs is 6. The molecule has 0 spiro atoms. The van der Waals surface area contributed by atoms with Crippen LogP contribution in [0.15, 0.2) is 110 Å². The number of aromatic nitrogens is 3. The third-order valence-electron chi connectivity index (χ3n) is 8.24. The van der Waals surface area contributed by atoms with Gasteiger partial charge in [-0.05, 0) is 51.9 Å². The molecule has 189 valence electrons. The number of benzene rings is 4. The summed E-state index contributed by atoms with van der Waals surface area (Å²) in [5.74, 6) is 0. The van der Waals surface area contributed by atoms with Crippen molar-refractivity contribution in [3.8, 4) is 28.1 Å². The van der Waals surface area contributed by atoms with Crippen LogP contribution < -0.4 is 0 Å². The zero-order chi connectivity index (χ0) is 25.4. The number of pyridine rings is 2. The van der Waals surface area contributed by atoms with Gasteiger partial charge in [0.05, 0.1) is 16.7 Å². The standard InChI is InChI=1S/C35H24N3.Ir/c1-35(2)29-12-6-11-27-28-20-24(13-14-31(28)38(34(27)29)32-16-17-36-21-30(32)35)23-8-5-9-25(19-23)33-26-10-4-3-7-22(26)15-18-37-33;/h3-8,10-21H,1-2H3;/q-1;. The Morgan fingerprint density at radius 3 is 2.51 bits per heavy atom. The first-order valence-corrected chi connectivity index (χ1v) is 13.0. The van der Waals surface area contributed by atoms with Crippen molar-refractivity contribution in [2.75, 3.05) is 0 Å². The quantitative estimate of drug-likeness (QED) is 0.172. The van der Waals surface area contributed by atoms with Crippen molar-refractivity contribution in [3.63, 3.8) is 0 Å². The zero-order valence-electron chi connectivity index (χ0n) is 21.6. The van der Waals surface area contributed by atoms with Gasteiger partial charge in [-0.1, -0.05) is 62.4 Å². The van der Waals surface area contributed by atoms with Crippen LogP contribution in [-0.4, -0.2) is 14.5 Å². The molecule has 0 fully saturated rings. The fraction of sp³-hybridized carbons (Fsp3) is 0.0857. The van der Waals surface area contributed by atoms with Crippen LogP contribution in [0, 0.1) is 6.07 Å². The van der Waals surface area contributed by atoms with E-state index in [1.165, 1.54) is 49.6 Å². The smallest absolute Gasteiger partial charge is 0.0582 e. The maximum absolute atomic E-state index is 4.73. The van der Waals surface area contributed by atoms with Gasteiger partial charge in [-0.25, -0.2) is 0 Å². The molecule has 0 saturated carbocycles. The third-order valence-corrected chi connectivity index (χ3v) is 8.24.